The first kappa shape index (κ1) is 17.0. The third-order valence-corrected chi connectivity index (χ3v) is 4.49. The molecule has 0 spiro atoms. The Balaban J connectivity index is 1.38. The van der Waals surface area contributed by atoms with Crippen LogP contribution in [0.25, 0.3) is 11.5 Å². The average molecular weight is 366 g/mol. The molecule has 0 saturated carbocycles. The van der Waals surface area contributed by atoms with Crippen LogP contribution in [0.1, 0.15) is 26.7 Å². The first-order valence-corrected chi connectivity index (χ1v) is 8.64. The Morgan fingerprint density at radius 1 is 0.963 bits per heavy atom. The van der Waals surface area contributed by atoms with Crippen molar-refractivity contribution in [2.24, 2.45) is 0 Å². The van der Waals surface area contributed by atoms with Gasteiger partial charge in [0.2, 0.25) is 0 Å². The summed E-state index contributed by atoms with van der Waals surface area (Å²) >= 11 is 0. The predicted molar refractivity (Wildman–Crippen MR) is 95.0 cm³/mol. The number of hydrogen-bond donors (Lipinski definition) is 0. The summed E-state index contributed by atoms with van der Waals surface area (Å²) in [6.45, 7) is 3.67. The first-order chi connectivity index (χ1) is 13.1. The largest absolute Gasteiger partial charge is 0.459 e. The number of hydrogen-bond acceptors (Lipinski definition) is 6. The lowest BCUT2D eigenvalue weighted by atomic mass is 10.1. The summed E-state index contributed by atoms with van der Waals surface area (Å²) in [6, 6.07) is 10.4. The molecule has 3 aromatic rings. The molecule has 0 N–H and O–H groups in total. The number of benzene rings is 1. The molecule has 1 aliphatic heterocycles. The molecule has 0 radical (unpaired) electrons. The van der Waals surface area contributed by atoms with Crippen molar-refractivity contribution in [2.45, 2.75) is 6.92 Å². The van der Waals surface area contributed by atoms with Gasteiger partial charge in [-0.2, -0.15) is 4.98 Å². The first-order valence-electron chi connectivity index (χ1n) is 8.64. The Morgan fingerprint density at radius 2 is 1.63 bits per heavy atom. The van der Waals surface area contributed by atoms with Crippen molar-refractivity contribution >= 4 is 11.8 Å². The number of furan rings is 1. The molecule has 1 aromatic carbocycles. The van der Waals surface area contributed by atoms with E-state index in [-0.39, 0.29) is 11.8 Å². The molecule has 0 aliphatic carbocycles. The van der Waals surface area contributed by atoms with E-state index in [9.17, 15) is 9.59 Å². The molecule has 2 aromatic heterocycles. The van der Waals surface area contributed by atoms with Gasteiger partial charge in [0.25, 0.3) is 17.7 Å². The molecular formula is C19H18N4O4. The van der Waals surface area contributed by atoms with E-state index in [1.165, 1.54) is 6.26 Å². The number of piperazine rings is 1. The Labute approximate surface area is 155 Å². The monoisotopic (exact) mass is 366 g/mol. The number of aryl methyl sites for hydroxylation is 1. The van der Waals surface area contributed by atoms with Crippen molar-refractivity contribution in [1.29, 1.82) is 0 Å². The molecule has 138 valence electrons. The SMILES string of the molecule is Cc1noc(-c2ccc(C(=O)N3CCN(C(=O)c4ccco4)CC3)cc2)n1. The predicted octanol–water partition coefficient (Wildman–Crippen LogP) is 2.24. The number of nitrogens with zero attached hydrogens (tertiary/aromatic N) is 4. The van der Waals surface area contributed by atoms with E-state index in [1.54, 1.807) is 53.1 Å². The van der Waals surface area contributed by atoms with Gasteiger partial charge in [-0.3, -0.25) is 9.59 Å². The molecule has 8 nitrogen and oxygen atoms in total. The zero-order valence-electron chi connectivity index (χ0n) is 14.8. The maximum atomic E-state index is 12.7. The molecule has 3 heterocycles. The van der Waals surface area contributed by atoms with E-state index in [2.05, 4.69) is 10.1 Å². The molecule has 0 atom stereocenters. The van der Waals surface area contributed by atoms with Crippen LogP contribution in [0.3, 0.4) is 0 Å². The third-order valence-electron chi connectivity index (χ3n) is 4.49. The van der Waals surface area contributed by atoms with Gasteiger partial charge in [-0.25, -0.2) is 0 Å². The quantitative estimate of drug-likeness (QED) is 0.706. The van der Waals surface area contributed by atoms with Crippen molar-refractivity contribution in [1.82, 2.24) is 19.9 Å². The van der Waals surface area contributed by atoms with Gasteiger partial charge in [0.15, 0.2) is 11.6 Å². The van der Waals surface area contributed by atoms with Gasteiger partial charge in [0.1, 0.15) is 0 Å². The van der Waals surface area contributed by atoms with Crippen LogP contribution in [0.5, 0.6) is 0 Å². The zero-order valence-corrected chi connectivity index (χ0v) is 14.8. The summed E-state index contributed by atoms with van der Waals surface area (Å²) in [6.07, 6.45) is 1.48. The molecular weight excluding hydrogens is 348 g/mol. The fourth-order valence-electron chi connectivity index (χ4n) is 3.02. The maximum Gasteiger partial charge on any atom is 0.289 e. The van der Waals surface area contributed by atoms with Gasteiger partial charge in [0, 0.05) is 37.3 Å². The molecule has 27 heavy (non-hydrogen) atoms. The van der Waals surface area contributed by atoms with Crippen LogP contribution < -0.4 is 0 Å². The van der Waals surface area contributed by atoms with Crippen LogP contribution in [-0.2, 0) is 0 Å². The lowest BCUT2D eigenvalue weighted by Crippen LogP contribution is -2.50. The Kier molecular flexibility index (Phi) is 4.45. The summed E-state index contributed by atoms with van der Waals surface area (Å²) in [7, 11) is 0. The Hall–Kier alpha value is -3.42. The van der Waals surface area contributed by atoms with Crippen LogP contribution in [0.15, 0.2) is 51.6 Å². The number of aromatic nitrogens is 2. The Bertz CT molecular complexity index is 939. The lowest BCUT2D eigenvalue weighted by Gasteiger charge is -2.34. The summed E-state index contributed by atoms with van der Waals surface area (Å²) in [4.78, 5) is 32.6. The van der Waals surface area contributed by atoms with Gasteiger partial charge >= 0.3 is 0 Å². The fourth-order valence-corrected chi connectivity index (χ4v) is 3.02. The van der Waals surface area contributed by atoms with Crippen molar-refractivity contribution in [3.05, 3.63) is 59.8 Å². The maximum absolute atomic E-state index is 12.7. The fraction of sp³-hybridized carbons (Fsp3) is 0.263. The van der Waals surface area contributed by atoms with Crippen LogP contribution in [0.2, 0.25) is 0 Å². The van der Waals surface area contributed by atoms with Crippen LogP contribution in [-0.4, -0.2) is 57.9 Å². The second kappa shape index (κ2) is 7.06. The van der Waals surface area contributed by atoms with Gasteiger partial charge in [-0.15, -0.1) is 0 Å². The molecule has 0 bridgehead atoms. The minimum absolute atomic E-state index is 0.0617. The van der Waals surface area contributed by atoms with Crippen molar-refractivity contribution in [3.63, 3.8) is 0 Å². The number of amides is 2. The molecule has 1 saturated heterocycles. The van der Waals surface area contributed by atoms with Crippen LogP contribution in [0.4, 0.5) is 0 Å². The minimum Gasteiger partial charge on any atom is -0.459 e. The van der Waals surface area contributed by atoms with Crippen molar-refractivity contribution in [3.8, 4) is 11.5 Å². The number of rotatable bonds is 3. The van der Waals surface area contributed by atoms with Crippen LogP contribution >= 0.6 is 0 Å². The minimum atomic E-state index is -0.147. The highest BCUT2D eigenvalue weighted by atomic mass is 16.5. The summed E-state index contributed by atoms with van der Waals surface area (Å²) in [5.74, 6) is 1.10. The highest BCUT2D eigenvalue weighted by Gasteiger charge is 2.26. The second-order valence-electron chi connectivity index (χ2n) is 6.29. The lowest BCUT2D eigenvalue weighted by molar-refractivity contribution is 0.0518. The van der Waals surface area contributed by atoms with E-state index in [4.69, 9.17) is 8.94 Å². The van der Waals surface area contributed by atoms with E-state index in [0.717, 1.165) is 5.56 Å². The van der Waals surface area contributed by atoms with Gasteiger partial charge in [-0.05, 0) is 43.3 Å². The molecule has 2 amide bonds. The van der Waals surface area contributed by atoms with Gasteiger partial charge < -0.3 is 18.7 Å². The topological polar surface area (TPSA) is 92.7 Å². The molecule has 4 rings (SSSR count). The Morgan fingerprint density at radius 3 is 2.19 bits per heavy atom. The molecule has 0 unspecified atom stereocenters. The third kappa shape index (κ3) is 3.46. The highest BCUT2D eigenvalue weighted by Crippen LogP contribution is 2.19. The average Bonchev–Trinajstić information content (AvgIpc) is 3.39. The smallest absolute Gasteiger partial charge is 0.289 e. The second-order valence-corrected chi connectivity index (χ2v) is 6.29. The summed E-state index contributed by atoms with van der Waals surface area (Å²) < 4.78 is 10.3. The van der Waals surface area contributed by atoms with E-state index >= 15 is 0 Å². The van der Waals surface area contributed by atoms with Gasteiger partial charge in [-0.1, -0.05) is 5.16 Å². The van der Waals surface area contributed by atoms with Crippen molar-refractivity contribution in [2.75, 3.05) is 26.2 Å². The zero-order chi connectivity index (χ0) is 18.8. The van der Waals surface area contributed by atoms with E-state index in [0.29, 0.717) is 49.2 Å². The summed E-state index contributed by atoms with van der Waals surface area (Å²) in [5, 5.41) is 3.76. The van der Waals surface area contributed by atoms with E-state index < -0.39 is 0 Å². The van der Waals surface area contributed by atoms with Crippen molar-refractivity contribution < 1.29 is 18.5 Å². The molecule has 8 heteroatoms. The highest BCUT2D eigenvalue weighted by molar-refractivity contribution is 5.95. The van der Waals surface area contributed by atoms with Crippen LogP contribution in [0, 0.1) is 6.92 Å². The van der Waals surface area contributed by atoms with E-state index in [1.807, 2.05) is 0 Å². The normalized spacial score (nSPS) is 14.4. The number of carbonyl (C=O) groups is 2. The molecule has 1 fully saturated rings. The number of carbonyl (C=O) groups excluding carboxylic acids is 2. The standard InChI is InChI=1S/C19H18N4O4/c1-13-20-17(27-21-13)14-4-6-15(7-5-14)18(24)22-8-10-23(11-9-22)19(25)16-3-2-12-26-16/h2-7,12H,8-11H2,1H3. The van der Waals surface area contributed by atoms with Gasteiger partial charge in [0.05, 0.1) is 6.26 Å². The summed E-state index contributed by atoms with van der Waals surface area (Å²) in [5.41, 5.74) is 1.35. The molecule has 1 aliphatic rings.